The van der Waals surface area contributed by atoms with Gasteiger partial charge in [-0.2, -0.15) is 0 Å². The van der Waals surface area contributed by atoms with Gasteiger partial charge in [-0.05, 0) is 63.5 Å². The maximum Gasteiger partial charge on any atom is 0.170 e. The number of rotatable bonds is 9. The maximum absolute atomic E-state index is 5.72. The summed E-state index contributed by atoms with van der Waals surface area (Å²) in [4.78, 5) is 9.12. The molecule has 0 aliphatic carbocycles. The minimum Gasteiger partial charge on any atom is -0.383 e. The lowest BCUT2D eigenvalue weighted by molar-refractivity contribution is 0.183. The van der Waals surface area contributed by atoms with Gasteiger partial charge in [0.05, 0.1) is 24.4 Å². The molecule has 0 spiro atoms. The van der Waals surface area contributed by atoms with Gasteiger partial charge < -0.3 is 24.4 Å². The molecule has 2 aromatic rings. The number of pyridine rings is 1. The number of ether oxygens (including phenoxy) is 1. The third kappa shape index (κ3) is 4.66. The molecule has 0 saturated carbocycles. The van der Waals surface area contributed by atoms with Crippen LogP contribution in [0.4, 0.5) is 0 Å². The predicted molar refractivity (Wildman–Crippen MR) is 112 cm³/mol. The minimum atomic E-state index is 0.0363. The lowest BCUT2D eigenvalue weighted by Gasteiger charge is -2.29. The Bertz CT molecular complexity index is 733. The summed E-state index contributed by atoms with van der Waals surface area (Å²) in [5.74, 6) is 0. The Balaban J connectivity index is 1.90. The molecule has 0 aromatic carbocycles. The van der Waals surface area contributed by atoms with Crippen molar-refractivity contribution in [3.05, 3.63) is 54.1 Å². The van der Waals surface area contributed by atoms with Crippen LogP contribution in [0.3, 0.4) is 0 Å². The van der Waals surface area contributed by atoms with Gasteiger partial charge in [0, 0.05) is 38.3 Å². The molecule has 2 atom stereocenters. The molecule has 0 amide bonds. The Kier molecular flexibility index (Phi) is 6.82. The normalized spacial score (nSPS) is 19.7. The molecule has 3 heterocycles. The minimum absolute atomic E-state index is 0.0363. The molecular formula is C20H29N5OS. The first-order chi connectivity index (χ1) is 13.1. The van der Waals surface area contributed by atoms with Crippen LogP contribution >= 0.6 is 12.2 Å². The first-order valence-corrected chi connectivity index (χ1v) is 9.79. The van der Waals surface area contributed by atoms with Crippen LogP contribution in [0.5, 0.6) is 0 Å². The molecule has 1 aliphatic heterocycles. The Hall–Kier alpha value is -1.96. The standard InChI is InChI=1S/C20H29N5OS/c1-23(2)11-7-13-25-19(17-9-6-12-24(17)14-15-26-3)18(22-20(25)27)16-8-4-5-10-21-16/h4-6,8-10,12,18-19H,7,11,13-15H2,1-3H3,(H,22,27)/t18-,19+/m0/s1. The zero-order chi connectivity index (χ0) is 19.2. The van der Waals surface area contributed by atoms with Crippen molar-refractivity contribution >= 4 is 17.3 Å². The quantitative estimate of drug-likeness (QED) is 0.667. The van der Waals surface area contributed by atoms with Gasteiger partial charge in [-0.3, -0.25) is 4.98 Å². The van der Waals surface area contributed by atoms with E-state index in [1.54, 1.807) is 7.11 Å². The van der Waals surface area contributed by atoms with Gasteiger partial charge in [0.15, 0.2) is 5.11 Å². The van der Waals surface area contributed by atoms with E-state index in [4.69, 9.17) is 17.0 Å². The molecule has 6 nitrogen and oxygen atoms in total. The molecule has 1 saturated heterocycles. The second-order valence-corrected chi connectivity index (χ2v) is 7.48. The molecule has 2 aromatic heterocycles. The lowest BCUT2D eigenvalue weighted by atomic mass is 10.0. The van der Waals surface area contributed by atoms with E-state index < -0.39 is 0 Å². The highest BCUT2D eigenvalue weighted by Crippen LogP contribution is 2.38. The van der Waals surface area contributed by atoms with Crippen molar-refractivity contribution in [3.8, 4) is 0 Å². The summed E-state index contributed by atoms with van der Waals surface area (Å²) in [7, 11) is 5.94. The monoisotopic (exact) mass is 387 g/mol. The molecule has 27 heavy (non-hydrogen) atoms. The van der Waals surface area contributed by atoms with E-state index in [9.17, 15) is 0 Å². The van der Waals surface area contributed by atoms with Gasteiger partial charge in [0.2, 0.25) is 0 Å². The average molecular weight is 388 g/mol. The number of aromatic nitrogens is 2. The van der Waals surface area contributed by atoms with Crippen molar-refractivity contribution in [1.82, 2.24) is 24.7 Å². The maximum atomic E-state index is 5.72. The molecule has 1 aliphatic rings. The first-order valence-electron chi connectivity index (χ1n) is 9.38. The van der Waals surface area contributed by atoms with Crippen LogP contribution in [-0.2, 0) is 11.3 Å². The van der Waals surface area contributed by atoms with Crippen molar-refractivity contribution in [1.29, 1.82) is 0 Å². The van der Waals surface area contributed by atoms with E-state index in [2.05, 4.69) is 63.2 Å². The van der Waals surface area contributed by atoms with Crippen LogP contribution < -0.4 is 5.32 Å². The van der Waals surface area contributed by atoms with E-state index in [0.717, 1.165) is 36.9 Å². The lowest BCUT2D eigenvalue weighted by Crippen LogP contribution is -2.33. The third-order valence-electron chi connectivity index (χ3n) is 4.91. The van der Waals surface area contributed by atoms with Crippen LogP contribution in [0.2, 0.25) is 0 Å². The highest BCUT2D eigenvalue weighted by atomic mass is 32.1. The van der Waals surface area contributed by atoms with E-state index >= 15 is 0 Å². The smallest absolute Gasteiger partial charge is 0.170 e. The highest BCUT2D eigenvalue weighted by Gasteiger charge is 2.40. The fraction of sp³-hybridized carbons (Fsp3) is 0.500. The first kappa shape index (κ1) is 19.8. The summed E-state index contributed by atoms with van der Waals surface area (Å²) >= 11 is 5.72. The van der Waals surface area contributed by atoms with Crippen molar-refractivity contribution in [2.75, 3.05) is 40.9 Å². The fourth-order valence-corrected chi connectivity index (χ4v) is 3.95. The Morgan fingerprint density at radius 3 is 2.78 bits per heavy atom. The Labute approximate surface area is 167 Å². The summed E-state index contributed by atoms with van der Waals surface area (Å²) in [5, 5.41) is 4.32. The summed E-state index contributed by atoms with van der Waals surface area (Å²) in [6.07, 6.45) is 5.01. The van der Waals surface area contributed by atoms with E-state index in [1.807, 2.05) is 18.3 Å². The van der Waals surface area contributed by atoms with Gasteiger partial charge in [-0.25, -0.2) is 0 Å². The molecule has 146 valence electrons. The second kappa shape index (κ2) is 9.30. The number of hydrogen-bond acceptors (Lipinski definition) is 4. The third-order valence-corrected chi connectivity index (χ3v) is 5.26. The van der Waals surface area contributed by atoms with Crippen molar-refractivity contribution in [3.63, 3.8) is 0 Å². The largest absolute Gasteiger partial charge is 0.383 e. The van der Waals surface area contributed by atoms with Gasteiger partial charge >= 0.3 is 0 Å². The number of nitrogens with one attached hydrogen (secondary N) is 1. The second-order valence-electron chi connectivity index (χ2n) is 7.10. The summed E-state index contributed by atoms with van der Waals surface area (Å²) in [5.41, 5.74) is 2.25. The molecular weight excluding hydrogens is 358 g/mol. The molecule has 0 radical (unpaired) electrons. The van der Waals surface area contributed by atoms with Crippen LogP contribution in [0, 0.1) is 0 Å². The van der Waals surface area contributed by atoms with Gasteiger partial charge in [-0.15, -0.1) is 0 Å². The van der Waals surface area contributed by atoms with Gasteiger partial charge in [0.25, 0.3) is 0 Å². The molecule has 1 fully saturated rings. The van der Waals surface area contributed by atoms with Crippen LogP contribution in [-0.4, -0.2) is 65.4 Å². The van der Waals surface area contributed by atoms with E-state index in [-0.39, 0.29) is 12.1 Å². The van der Waals surface area contributed by atoms with Crippen LogP contribution in [0.1, 0.15) is 29.9 Å². The summed E-state index contributed by atoms with van der Waals surface area (Å²) < 4.78 is 7.55. The molecule has 0 bridgehead atoms. The summed E-state index contributed by atoms with van der Waals surface area (Å²) in [6.45, 7) is 3.45. The van der Waals surface area contributed by atoms with Crippen molar-refractivity contribution < 1.29 is 4.74 Å². The number of nitrogens with zero attached hydrogens (tertiary/aromatic N) is 4. The topological polar surface area (TPSA) is 45.6 Å². The Morgan fingerprint density at radius 1 is 1.22 bits per heavy atom. The zero-order valence-electron chi connectivity index (χ0n) is 16.3. The van der Waals surface area contributed by atoms with Gasteiger partial charge in [0.1, 0.15) is 0 Å². The predicted octanol–water partition coefficient (Wildman–Crippen LogP) is 2.45. The Morgan fingerprint density at radius 2 is 2.07 bits per heavy atom. The highest BCUT2D eigenvalue weighted by molar-refractivity contribution is 7.80. The number of methoxy groups -OCH3 is 1. The van der Waals surface area contributed by atoms with E-state index in [1.165, 1.54) is 5.69 Å². The van der Waals surface area contributed by atoms with Gasteiger partial charge in [-0.1, -0.05) is 6.07 Å². The fourth-order valence-electron chi connectivity index (χ4n) is 3.61. The number of hydrogen-bond donors (Lipinski definition) is 1. The zero-order valence-corrected chi connectivity index (χ0v) is 17.2. The van der Waals surface area contributed by atoms with E-state index in [0.29, 0.717) is 6.61 Å². The molecule has 7 heteroatoms. The number of thiocarbonyl (C=S) groups is 1. The van der Waals surface area contributed by atoms with Crippen LogP contribution in [0.25, 0.3) is 0 Å². The molecule has 3 rings (SSSR count). The summed E-state index contributed by atoms with van der Waals surface area (Å²) in [6, 6.07) is 10.5. The van der Waals surface area contributed by atoms with Crippen molar-refractivity contribution in [2.24, 2.45) is 0 Å². The average Bonchev–Trinajstić information content (AvgIpc) is 3.24. The van der Waals surface area contributed by atoms with Crippen LogP contribution in [0.15, 0.2) is 42.7 Å². The SMILES string of the molecule is COCCn1cccc1[C@@H]1[C@H](c2ccccn2)NC(=S)N1CCCN(C)C. The molecule has 0 unspecified atom stereocenters. The van der Waals surface area contributed by atoms with Crippen molar-refractivity contribution in [2.45, 2.75) is 25.0 Å². The molecule has 1 N–H and O–H groups in total.